The third kappa shape index (κ3) is 3.17. The van der Waals surface area contributed by atoms with Gasteiger partial charge in [-0.2, -0.15) is 0 Å². The maximum Gasteiger partial charge on any atom is 0.305 e. The fourth-order valence-electron chi connectivity index (χ4n) is 1.94. The second-order valence-electron chi connectivity index (χ2n) is 4.31. The van der Waals surface area contributed by atoms with Gasteiger partial charge < -0.3 is 10.8 Å². The van der Waals surface area contributed by atoms with Gasteiger partial charge in [-0.05, 0) is 23.3 Å². The number of hydrogen-bond acceptors (Lipinski definition) is 2. The number of halogens is 1. The molecular formula is C15H14FNO2. The van der Waals surface area contributed by atoms with Crippen LogP contribution in [0.4, 0.5) is 4.39 Å². The maximum absolute atomic E-state index is 13.7. The van der Waals surface area contributed by atoms with Crippen molar-refractivity contribution < 1.29 is 14.3 Å². The second-order valence-corrected chi connectivity index (χ2v) is 4.31. The summed E-state index contributed by atoms with van der Waals surface area (Å²) in [6.07, 6.45) is -0.152. The van der Waals surface area contributed by atoms with Crippen molar-refractivity contribution in [3.05, 3.63) is 59.9 Å². The Morgan fingerprint density at radius 1 is 1.21 bits per heavy atom. The van der Waals surface area contributed by atoms with Gasteiger partial charge in [0.1, 0.15) is 5.82 Å². The molecule has 0 saturated heterocycles. The number of carbonyl (C=O) groups is 1. The molecule has 3 N–H and O–H groups in total. The molecule has 0 spiro atoms. The normalized spacial score (nSPS) is 12.1. The van der Waals surface area contributed by atoms with Crippen molar-refractivity contribution in [2.24, 2.45) is 5.73 Å². The minimum atomic E-state index is -0.955. The molecule has 1 atom stereocenters. The number of carboxylic acid groups (broad SMARTS) is 1. The Balaban J connectivity index is 2.34. The van der Waals surface area contributed by atoms with E-state index in [1.807, 2.05) is 0 Å². The number of benzene rings is 2. The average Bonchev–Trinajstić information content (AvgIpc) is 2.38. The Labute approximate surface area is 110 Å². The van der Waals surface area contributed by atoms with Gasteiger partial charge in [0.25, 0.3) is 0 Å². The molecule has 2 aromatic rings. The molecule has 98 valence electrons. The lowest BCUT2D eigenvalue weighted by Crippen LogP contribution is -2.14. The van der Waals surface area contributed by atoms with Crippen LogP contribution in [0.1, 0.15) is 18.0 Å². The summed E-state index contributed by atoms with van der Waals surface area (Å²) >= 11 is 0. The summed E-state index contributed by atoms with van der Waals surface area (Å²) in [5.74, 6) is -1.27. The summed E-state index contributed by atoms with van der Waals surface area (Å²) in [6.45, 7) is 0. The predicted octanol–water partition coefficient (Wildman–Crippen LogP) is 2.97. The Kier molecular flexibility index (Phi) is 3.92. The largest absolute Gasteiger partial charge is 0.481 e. The van der Waals surface area contributed by atoms with Gasteiger partial charge in [0.15, 0.2) is 0 Å². The topological polar surface area (TPSA) is 63.3 Å². The smallest absolute Gasteiger partial charge is 0.305 e. The van der Waals surface area contributed by atoms with Gasteiger partial charge in [-0.15, -0.1) is 0 Å². The molecule has 0 heterocycles. The van der Waals surface area contributed by atoms with E-state index < -0.39 is 12.0 Å². The summed E-state index contributed by atoms with van der Waals surface area (Å²) in [7, 11) is 0. The van der Waals surface area contributed by atoms with Gasteiger partial charge in [0, 0.05) is 11.6 Å². The van der Waals surface area contributed by atoms with E-state index in [1.165, 1.54) is 6.07 Å². The number of nitrogens with two attached hydrogens (primary N) is 1. The zero-order chi connectivity index (χ0) is 13.8. The predicted molar refractivity (Wildman–Crippen MR) is 71.0 cm³/mol. The molecule has 2 rings (SSSR count). The van der Waals surface area contributed by atoms with Gasteiger partial charge in [-0.1, -0.05) is 36.4 Å². The summed E-state index contributed by atoms with van der Waals surface area (Å²) in [5.41, 5.74) is 7.66. The summed E-state index contributed by atoms with van der Waals surface area (Å²) in [4.78, 5) is 10.7. The minimum Gasteiger partial charge on any atom is -0.481 e. The Morgan fingerprint density at radius 3 is 2.63 bits per heavy atom. The van der Waals surface area contributed by atoms with Crippen molar-refractivity contribution >= 4 is 5.97 Å². The van der Waals surface area contributed by atoms with Gasteiger partial charge in [-0.25, -0.2) is 4.39 Å². The fraction of sp³-hybridized carbons (Fsp3) is 0.133. The molecule has 3 nitrogen and oxygen atoms in total. The molecule has 0 aliphatic heterocycles. The van der Waals surface area contributed by atoms with E-state index in [0.29, 0.717) is 16.7 Å². The van der Waals surface area contributed by atoms with Gasteiger partial charge in [-0.3, -0.25) is 4.79 Å². The van der Waals surface area contributed by atoms with Crippen molar-refractivity contribution in [1.82, 2.24) is 0 Å². The van der Waals surface area contributed by atoms with Crippen LogP contribution in [0.3, 0.4) is 0 Å². The molecule has 0 radical (unpaired) electrons. The van der Waals surface area contributed by atoms with E-state index >= 15 is 0 Å². The zero-order valence-corrected chi connectivity index (χ0v) is 10.2. The van der Waals surface area contributed by atoms with E-state index in [4.69, 9.17) is 10.8 Å². The Hall–Kier alpha value is -2.20. The standard InChI is InChI=1S/C15H14FNO2/c16-13-7-2-1-6-12(13)10-4-3-5-11(8-10)14(17)9-15(18)19/h1-8,14H,9,17H2,(H,18,19). The summed E-state index contributed by atoms with van der Waals surface area (Å²) in [6, 6.07) is 12.8. The van der Waals surface area contributed by atoms with Crippen LogP contribution < -0.4 is 5.73 Å². The lowest BCUT2D eigenvalue weighted by molar-refractivity contribution is -0.137. The maximum atomic E-state index is 13.7. The molecule has 19 heavy (non-hydrogen) atoms. The molecule has 0 aliphatic carbocycles. The molecule has 0 aliphatic rings. The third-order valence-corrected chi connectivity index (χ3v) is 2.89. The first-order valence-electron chi connectivity index (χ1n) is 5.90. The van der Waals surface area contributed by atoms with E-state index in [9.17, 15) is 9.18 Å². The molecule has 0 fully saturated rings. The van der Waals surface area contributed by atoms with Gasteiger partial charge in [0.05, 0.1) is 6.42 Å². The van der Waals surface area contributed by atoms with Crippen LogP contribution in [-0.2, 0) is 4.79 Å². The van der Waals surface area contributed by atoms with Crippen LogP contribution in [0.2, 0.25) is 0 Å². The van der Waals surface area contributed by atoms with Crippen LogP contribution in [0, 0.1) is 5.82 Å². The number of rotatable bonds is 4. The molecule has 0 saturated carbocycles. The molecule has 0 bridgehead atoms. The molecule has 0 aromatic heterocycles. The molecule has 2 aromatic carbocycles. The Morgan fingerprint density at radius 2 is 1.95 bits per heavy atom. The van der Waals surface area contributed by atoms with Crippen molar-refractivity contribution in [1.29, 1.82) is 0 Å². The lowest BCUT2D eigenvalue weighted by atomic mass is 9.98. The highest BCUT2D eigenvalue weighted by Gasteiger charge is 2.12. The van der Waals surface area contributed by atoms with E-state index in [0.717, 1.165) is 0 Å². The summed E-state index contributed by atoms with van der Waals surface area (Å²) in [5, 5.41) is 8.74. The molecule has 1 unspecified atom stereocenters. The number of hydrogen-bond donors (Lipinski definition) is 2. The van der Waals surface area contributed by atoms with Crippen LogP contribution in [-0.4, -0.2) is 11.1 Å². The first-order valence-corrected chi connectivity index (χ1v) is 5.90. The minimum absolute atomic E-state index is 0.152. The summed E-state index contributed by atoms with van der Waals surface area (Å²) < 4.78 is 13.7. The monoisotopic (exact) mass is 259 g/mol. The highest BCUT2D eigenvalue weighted by molar-refractivity contribution is 5.69. The molecule has 4 heteroatoms. The quantitative estimate of drug-likeness (QED) is 0.887. The van der Waals surface area contributed by atoms with Crippen LogP contribution in [0.5, 0.6) is 0 Å². The SMILES string of the molecule is NC(CC(=O)O)c1cccc(-c2ccccc2F)c1. The van der Waals surface area contributed by atoms with Gasteiger partial charge >= 0.3 is 5.97 Å². The van der Waals surface area contributed by atoms with Crippen molar-refractivity contribution in [3.63, 3.8) is 0 Å². The second kappa shape index (κ2) is 5.63. The Bertz CT molecular complexity index is 598. The van der Waals surface area contributed by atoms with Crippen molar-refractivity contribution in [3.8, 4) is 11.1 Å². The third-order valence-electron chi connectivity index (χ3n) is 2.89. The first kappa shape index (κ1) is 13.2. The van der Waals surface area contributed by atoms with Crippen molar-refractivity contribution in [2.45, 2.75) is 12.5 Å². The van der Waals surface area contributed by atoms with Crippen LogP contribution >= 0.6 is 0 Å². The lowest BCUT2D eigenvalue weighted by Gasteiger charge is -2.11. The first-order chi connectivity index (χ1) is 9.08. The fourth-order valence-corrected chi connectivity index (χ4v) is 1.94. The van der Waals surface area contributed by atoms with E-state index in [-0.39, 0.29) is 12.2 Å². The number of aliphatic carboxylic acids is 1. The number of carboxylic acids is 1. The molecular weight excluding hydrogens is 245 g/mol. The van der Waals surface area contributed by atoms with Crippen LogP contribution in [0.25, 0.3) is 11.1 Å². The average molecular weight is 259 g/mol. The van der Waals surface area contributed by atoms with Crippen LogP contribution in [0.15, 0.2) is 48.5 Å². The van der Waals surface area contributed by atoms with Crippen molar-refractivity contribution in [2.75, 3.05) is 0 Å². The van der Waals surface area contributed by atoms with E-state index in [1.54, 1.807) is 42.5 Å². The zero-order valence-electron chi connectivity index (χ0n) is 10.2. The molecule has 0 amide bonds. The highest BCUT2D eigenvalue weighted by Crippen LogP contribution is 2.25. The highest BCUT2D eigenvalue weighted by atomic mass is 19.1. The van der Waals surface area contributed by atoms with E-state index in [2.05, 4.69) is 0 Å². The van der Waals surface area contributed by atoms with Gasteiger partial charge in [0.2, 0.25) is 0 Å².